The van der Waals surface area contributed by atoms with Crippen molar-refractivity contribution in [3.63, 3.8) is 0 Å². The molecule has 0 amide bonds. The van der Waals surface area contributed by atoms with Crippen LogP contribution in [-0.4, -0.2) is 67.5 Å². The summed E-state index contributed by atoms with van der Waals surface area (Å²) in [6, 6.07) is 0. The van der Waals surface area contributed by atoms with Crippen molar-refractivity contribution in [1.82, 2.24) is 0 Å². The highest BCUT2D eigenvalue weighted by Crippen LogP contribution is 2.40. The summed E-state index contributed by atoms with van der Waals surface area (Å²) in [5.74, 6) is 0. The number of phosphoric ester groups is 1. The van der Waals surface area contributed by atoms with Crippen molar-refractivity contribution in [2.24, 2.45) is 0 Å². The Kier molecular flexibility index (Phi) is 4.41. The van der Waals surface area contributed by atoms with Gasteiger partial charge in [0, 0.05) is 0 Å². The summed E-state index contributed by atoms with van der Waals surface area (Å²) in [5.41, 5.74) is 0. The maximum absolute atomic E-state index is 10.5. The van der Waals surface area contributed by atoms with Crippen LogP contribution in [0, 0.1) is 0 Å². The second kappa shape index (κ2) is 5.05. The maximum atomic E-state index is 10.5. The van der Waals surface area contributed by atoms with Crippen LogP contribution in [-0.2, 0) is 13.8 Å². The number of aliphatic hydroxyl groups is 4. The van der Waals surface area contributed by atoms with Crippen LogP contribution < -0.4 is 0 Å². The molecular weight excluding hydrogens is 247 g/mol. The highest BCUT2D eigenvalue weighted by Gasteiger charge is 2.46. The topological polar surface area (TPSA) is 157 Å². The summed E-state index contributed by atoms with van der Waals surface area (Å²) in [6.45, 7) is -0.702. The van der Waals surface area contributed by atoms with Gasteiger partial charge in [-0.15, -0.1) is 0 Å². The molecule has 0 aromatic heterocycles. The Balaban J connectivity index is 2.75. The Morgan fingerprint density at radius 3 is 2.12 bits per heavy atom. The van der Waals surface area contributed by atoms with Crippen LogP contribution in [0.15, 0.2) is 0 Å². The molecule has 6 N–H and O–H groups in total. The predicted molar refractivity (Wildman–Crippen MR) is 46.9 cm³/mol. The Morgan fingerprint density at radius 1 is 1.12 bits per heavy atom. The minimum Gasteiger partial charge on any atom is -0.394 e. The molecule has 0 saturated carbocycles. The highest BCUT2D eigenvalue weighted by molar-refractivity contribution is 7.46. The van der Waals surface area contributed by atoms with E-state index in [0.717, 1.165) is 0 Å². The molecule has 0 spiro atoms. The van der Waals surface area contributed by atoms with Crippen molar-refractivity contribution in [2.45, 2.75) is 30.7 Å². The lowest BCUT2D eigenvalue weighted by Crippen LogP contribution is -2.58. The van der Waals surface area contributed by atoms with Crippen molar-refractivity contribution in [3.05, 3.63) is 0 Å². The first kappa shape index (κ1) is 14.0. The Hall–Kier alpha value is -0.0900. The van der Waals surface area contributed by atoms with E-state index in [0.29, 0.717) is 0 Å². The van der Waals surface area contributed by atoms with Gasteiger partial charge in [-0.05, 0) is 0 Å². The third-order valence-corrected chi connectivity index (χ3v) is 2.57. The van der Waals surface area contributed by atoms with E-state index in [1.807, 2.05) is 0 Å². The summed E-state index contributed by atoms with van der Waals surface area (Å²) in [4.78, 5) is 17.0. The maximum Gasteiger partial charge on any atom is 0.472 e. The minimum absolute atomic E-state index is 0.702. The van der Waals surface area contributed by atoms with Gasteiger partial charge in [-0.2, -0.15) is 0 Å². The van der Waals surface area contributed by atoms with Crippen molar-refractivity contribution in [3.8, 4) is 0 Å². The zero-order valence-electron chi connectivity index (χ0n) is 7.95. The number of hydrogen-bond acceptors (Lipinski definition) is 7. The fourth-order valence-corrected chi connectivity index (χ4v) is 1.73. The van der Waals surface area contributed by atoms with Crippen molar-refractivity contribution in [1.29, 1.82) is 0 Å². The summed E-state index contributed by atoms with van der Waals surface area (Å²) in [5, 5.41) is 36.6. The van der Waals surface area contributed by atoms with E-state index >= 15 is 0 Å². The van der Waals surface area contributed by atoms with E-state index in [1.165, 1.54) is 0 Å². The molecule has 5 atom stereocenters. The fourth-order valence-electron chi connectivity index (χ4n) is 1.29. The molecule has 96 valence electrons. The quantitative estimate of drug-likeness (QED) is 0.289. The van der Waals surface area contributed by atoms with Crippen molar-refractivity contribution < 1.29 is 44.0 Å². The normalized spacial score (nSPS) is 41.0. The zero-order valence-corrected chi connectivity index (χ0v) is 8.84. The molecule has 1 fully saturated rings. The largest absolute Gasteiger partial charge is 0.472 e. The monoisotopic (exact) mass is 260 g/mol. The Morgan fingerprint density at radius 2 is 1.69 bits per heavy atom. The van der Waals surface area contributed by atoms with Crippen LogP contribution in [0.1, 0.15) is 0 Å². The summed E-state index contributed by atoms with van der Waals surface area (Å²) in [7, 11) is -4.91. The van der Waals surface area contributed by atoms with Gasteiger partial charge in [-0.1, -0.05) is 0 Å². The van der Waals surface area contributed by atoms with Crippen LogP contribution >= 0.6 is 7.82 Å². The van der Waals surface area contributed by atoms with E-state index in [9.17, 15) is 19.9 Å². The number of hydrogen-bond donors (Lipinski definition) is 6. The van der Waals surface area contributed by atoms with Crippen LogP contribution in [0.3, 0.4) is 0 Å². The minimum atomic E-state index is -4.91. The lowest BCUT2D eigenvalue weighted by molar-refractivity contribution is -0.280. The van der Waals surface area contributed by atoms with Gasteiger partial charge >= 0.3 is 7.82 Å². The highest BCUT2D eigenvalue weighted by atomic mass is 31.2. The van der Waals surface area contributed by atoms with E-state index in [1.54, 1.807) is 0 Å². The van der Waals surface area contributed by atoms with Crippen LogP contribution in [0.5, 0.6) is 0 Å². The summed E-state index contributed by atoms with van der Waals surface area (Å²) < 4.78 is 19.2. The first-order valence-electron chi connectivity index (χ1n) is 4.30. The lowest BCUT2D eigenvalue weighted by Gasteiger charge is -2.39. The van der Waals surface area contributed by atoms with Gasteiger partial charge in [0.05, 0.1) is 6.61 Å². The average Bonchev–Trinajstić information content (AvgIpc) is 2.17. The van der Waals surface area contributed by atoms with Crippen LogP contribution in [0.25, 0.3) is 0 Å². The van der Waals surface area contributed by atoms with E-state index in [4.69, 9.17) is 14.9 Å². The molecule has 1 rings (SSSR count). The van der Waals surface area contributed by atoms with Gasteiger partial charge in [0.15, 0.2) is 6.29 Å². The second-order valence-electron chi connectivity index (χ2n) is 3.29. The molecule has 0 aromatic rings. The van der Waals surface area contributed by atoms with Gasteiger partial charge in [0.25, 0.3) is 0 Å². The molecule has 0 radical (unpaired) electrons. The molecule has 1 aliphatic heterocycles. The number of ether oxygens (including phenoxy) is 1. The molecule has 0 bridgehead atoms. The summed E-state index contributed by atoms with van der Waals surface area (Å²) in [6.07, 6.45) is -8.25. The van der Waals surface area contributed by atoms with E-state index in [-0.39, 0.29) is 0 Å². The van der Waals surface area contributed by atoms with Crippen LogP contribution in [0.2, 0.25) is 0 Å². The third kappa shape index (κ3) is 3.20. The Bertz CT molecular complexity index is 275. The molecule has 16 heavy (non-hydrogen) atoms. The first-order valence-corrected chi connectivity index (χ1v) is 5.83. The molecule has 0 unspecified atom stereocenters. The van der Waals surface area contributed by atoms with Gasteiger partial charge in [-0.3, -0.25) is 4.52 Å². The van der Waals surface area contributed by atoms with Gasteiger partial charge in [0.1, 0.15) is 24.4 Å². The average molecular weight is 260 g/mol. The molecular formula is C6H13O9P. The predicted octanol–water partition coefficient (Wildman–Crippen LogP) is -3.10. The van der Waals surface area contributed by atoms with E-state index < -0.39 is 45.1 Å². The standard InChI is InChI=1S/C6H13O9P/c7-1-2-3(8)4(9)5(10)6(14-2)15-16(11,12)13/h2-10H,1H2,(H2,11,12,13)/t2-,3-,4+,5-,6-/m1/s1. The van der Waals surface area contributed by atoms with Crippen LogP contribution in [0.4, 0.5) is 0 Å². The smallest absolute Gasteiger partial charge is 0.394 e. The zero-order chi connectivity index (χ0) is 12.5. The molecule has 0 aliphatic carbocycles. The molecule has 1 saturated heterocycles. The van der Waals surface area contributed by atoms with Crippen molar-refractivity contribution >= 4 is 7.82 Å². The molecule has 1 heterocycles. The molecule has 0 aromatic carbocycles. The molecule has 9 nitrogen and oxygen atoms in total. The number of rotatable bonds is 3. The Labute approximate surface area is 90.1 Å². The van der Waals surface area contributed by atoms with Gasteiger partial charge in [0.2, 0.25) is 0 Å². The molecule has 1 aliphatic rings. The third-order valence-electron chi connectivity index (χ3n) is 2.09. The number of phosphoric acid groups is 1. The fraction of sp³-hybridized carbons (Fsp3) is 1.00. The molecule has 10 heteroatoms. The van der Waals surface area contributed by atoms with Gasteiger partial charge < -0.3 is 34.9 Å². The van der Waals surface area contributed by atoms with Gasteiger partial charge in [-0.25, -0.2) is 4.57 Å². The second-order valence-corrected chi connectivity index (χ2v) is 4.49. The first-order chi connectivity index (χ1) is 7.26. The lowest BCUT2D eigenvalue weighted by atomic mass is 10.00. The van der Waals surface area contributed by atoms with Crippen molar-refractivity contribution in [2.75, 3.05) is 6.61 Å². The number of aliphatic hydroxyl groups excluding tert-OH is 4. The SMILES string of the molecule is O=P(O)(O)O[C@H]1O[C@H](CO)[C@@H](O)[C@H](O)[C@H]1O. The summed E-state index contributed by atoms with van der Waals surface area (Å²) >= 11 is 0. The van der Waals surface area contributed by atoms with E-state index in [2.05, 4.69) is 9.26 Å².